The minimum Gasteiger partial charge on any atom is -0.497 e. The van der Waals surface area contributed by atoms with Gasteiger partial charge in [0.2, 0.25) is 0 Å². The van der Waals surface area contributed by atoms with Crippen molar-refractivity contribution < 1.29 is 89.7 Å². The molecule has 2 unspecified atom stereocenters. The molecule has 2 aliphatic heterocycles. The number of hydrogen-bond donors (Lipinski definition) is 1. The van der Waals surface area contributed by atoms with Gasteiger partial charge in [0.1, 0.15) is 60.1 Å². The third-order valence-electron chi connectivity index (χ3n) is 14.5. The molecule has 2 aliphatic rings. The molecule has 0 spiro atoms. The fourth-order valence-corrected chi connectivity index (χ4v) is 13.2. The van der Waals surface area contributed by atoms with Crippen molar-refractivity contribution in [3.8, 4) is 11.5 Å². The lowest BCUT2D eigenvalue weighted by Gasteiger charge is -2.44. The highest BCUT2D eigenvalue weighted by Crippen LogP contribution is 2.58. The zero-order valence-corrected chi connectivity index (χ0v) is 51.6. The molecule has 0 bridgehead atoms. The van der Waals surface area contributed by atoms with E-state index in [9.17, 15) is 19.2 Å². The minimum absolute atomic E-state index is 0.0597. The average Bonchev–Trinajstić information content (AvgIpc) is 1.74. The van der Waals surface area contributed by atoms with Crippen LogP contribution in [0.3, 0.4) is 0 Å². The van der Waals surface area contributed by atoms with Crippen LogP contribution in [0, 0.1) is 0 Å². The molecule has 2 saturated heterocycles. The molecule has 0 saturated carbocycles. The first-order valence-electron chi connectivity index (χ1n) is 28.6. The fraction of sp³-hybridized carbons (Fsp3) is 0.452. The highest BCUT2D eigenvalue weighted by molar-refractivity contribution is 7.51. The van der Waals surface area contributed by atoms with Crippen LogP contribution in [-0.2, 0) is 81.0 Å². The van der Waals surface area contributed by atoms with Crippen LogP contribution in [0.4, 0.5) is 5.82 Å². The number of nitrogen functional groups attached to an aromatic ring is 1. The smallest absolute Gasteiger partial charge is 0.409 e. The van der Waals surface area contributed by atoms with Gasteiger partial charge in [-0.2, -0.15) is 0 Å². The Bertz CT molecular complexity index is 3300. The maximum absolute atomic E-state index is 16.2. The lowest BCUT2D eigenvalue weighted by molar-refractivity contribution is -0.309. The number of imidazole rings is 1. The number of Topliss-reactive ketones (excluding diaryl/α,β-unsaturated/α-hetero) is 1. The average molecular weight is 1240 g/mol. The number of carbonyl (C=O) groups excluding carboxylic acids is 5. The van der Waals surface area contributed by atoms with Crippen LogP contribution in [0.15, 0.2) is 122 Å². The van der Waals surface area contributed by atoms with Crippen molar-refractivity contribution in [2.75, 3.05) is 53.0 Å². The summed E-state index contributed by atoms with van der Waals surface area (Å²) in [6.45, 7) is 10.5. The Morgan fingerprint density at radius 3 is 1.81 bits per heavy atom. The monoisotopic (exact) mass is 1240 g/mol. The highest BCUT2D eigenvalue weighted by atomic mass is 31.2. The molecule has 0 aliphatic carbocycles. The van der Waals surface area contributed by atoms with Crippen molar-refractivity contribution in [2.24, 2.45) is 0 Å². The number of nitrogens with two attached hydrogens (primary N) is 1. The number of ketones is 1. The molecule has 0 amide bonds. The summed E-state index contributed by atoms with van der Waals surface area (Å²) in [7, 11) is -1.40. The van der Waals surface area contributed by atoms with E-state index in [0.717, 1.165) is 27.7 Å². The topological polar surface area (TPSA) is 295 Å². The predicted molar refractivity (Wildman–Crippen MR) is 315 cm³/mol. The van der Waals surface area contributed by atoms with E-state index in [1.807, 2.05) is 82.3 Å². The van der Waals surface area contributed by atoms with Crippen molar-refractivity contribution in [2.45, 2.75) is 135 Å². The molecule has 88 heavy (non-hydrogen) atoms. The third-order valence-corrected chi connectivity index (χ3v) is 17.0. The van der Waals surface area contributed by atoms with Crippen molar-refractivity contribution in [1.29, 1.82) is 0 Å². The Morgan fingerprint density at radius 1 is 0.682 bits per heavy atom. The maximum atomic E-state index is 16.2. The van der Waals surface area contributed by atoms with Crippen LogP contribution < -0.4 is 15.2 Å². The molecular formula is C62H75N6O19P. The van der Waals surface area contributed by atoms with E-state index in [-0.39, 0.29) is 44.2 Å². The zero-order valence-electron chi connectivity index (χ0n) is 50.7. The van der Waals surface area contributed by atoms with E-state index in [2.05, 4.69) is 15.0 Å². The summed E-state index contributed by atoms with van der Waals surface area (Å²) >= 11 is 0. The molecule has 4 aromatic carbocycles. The van der Waals surface area contributed by atoms with Crippen molar-refractivity contribution in [1.82, 2.24) is 24.2 Å². The summed E-state index contributed by atoms with van der Waals surface area (Å²) in [5.41, 5.74) is 7.46. The highest BCUT2D eigenvalue weighted by Gasteiger charge is 2.55. The quantitative estimate of drug-likeness (QED) is 0.0117. The number of rotatable bonds is 29. The molecule has 2 aromatic heterocycles. The molecule has 25 nitrogen and oxygen atoms in total. The van der Waals surface area contributed by atoms with E-state index >= 15 is 9.36 Å². The van der Waals surface area contributed by atoms with Crippen molar-refractivity contribution in [3.63, 3.8) is 0 Å². The van der Waals surface area contributed by atoms with Crippen molar-refractivity contribution in [3.05, 3.63) is 144 Å². The van der Waals surface area contributed by atoms with Crippen LogP contribution in [0.2, 0.25) is 0 Å². The van der Waals surface area contributed by atoms with E-state index in [4.69, 9.17) is 66.9 Å². The first-order valence-corrected chi connectivity index (χ1v) is 30.1. The standard InChI is InChI=1S/C62H75N6O19P/c1-37(2)68(38(3)4)88(74,80-32-30-77-29-31-78-61-58(83-42(8)72)57(82-41(7)71)55(81-40(6)70)50(84-61)34-79-39(5)69)87-49-33-51(67-36-66-52-59(63)64-35-65-60(52)67)85-54(49)56(53(73)43-17-13-11-14-18-43)86-62(44-19-15-12-16-20-44,45-21-25-47(75-9)26-22-45)46-23-27-48(76-10)28-24-46/h11-28,35-38,49-51,54-58,61H,29-34H2,1-10H3,(H2,63,64,65)/t49-,50+,51+,54-,55+,56?,57-,58+,61+,88?/m0/s1. The third kappa shape index (κ3) is 15.6. The molecule has 2 N–H and O–H groups in total. The summed E-state index contributed by atoms with van der Waals surface area (Å²) in [6, 6.07) is 31.8. The second-order valence-electron chi connectivity index (χ2n) is 21.2. The summed E-state index contributed by atoms with van der Waals surface area (Å²) in [6.07, 6.45) is -9.45. The van der Waals surface area contributed by atoms with Gasteiger partial charge in [-0.15, -0.1) is 0 Å². The number of benzene rings is 4. The van der Waals surface area contributed by atoms with Crippen LogP contribution in [0.1, 0.15) is 95.1 Å². The molecule has 10 atom stereocenters. The van der Waals surface area contributed by atoms with Gasteiger partial charge in [0, 0.05) is 51.8 Å². The number of hydrogen-bond acceptors (Lipinski definition) is 23. The number of ether oxygens (including phenoxy) is 11. The first kappa shape index (κ1) is 66.2. The van der Waals surface area contributed by atoms with Gasteiger partial charge in [-0.3, -0.25) is 37.6 Å². The van der Waals surface area contributed by atoms with Gasteiger partial charge in [-0.25, -0.2) is 24.2 Å². The van der Waals surface area contributed by atoms with Gasteiger partial charge in [-0.05, 0) is 68.7 Å². The van der Waals surface area contributed by atoms with Gasteiger partial charge in [0.15, 0.2) is 48.0 Å². The van der Waals surface area contributed by atoms with Crippen LogP contribution in [0.25, 0.3) is 11.2 Å². The molecule has 8 rings (SSSR count). The Morgan fingerprint density at radius 2 is 1.24 bits per heavy atom. The Balaban J connectivity index is 1.14. The number of methoxy groups -OCH3 is 2. The number of anilines is 1. The predicted octanol–water partition coefficient (Wildman–Crippen LogP) is 7.72. The van der Waals surface area contributed by atoms with Crippen LogP contribution in [0.5, 0.6) is 11.5 Å². The maximum Gasteiger partial charge on any atom is 0.409 e. The molecule has 4 heterocycles. The van der Waals surface area contributed by atoms with E-state index in [1.165, 1.54) is 12.7 Å². The molecule has 472 valence electrons. The Hall–Kier alpha value is -7.71. The van der Waals surface area contributed by atoms with Gasteiger partial charge in [0.05, 0.1) is 47.0 Å². The summed E-state index contributed by atoms with van der Waals surface area (Å²) in [4.78, 5) is 78.0. The number of fused-ring (bicyclic) bond motifs is 1. The summed E-state index contributed by atoms with van der Waals surface area (Å²) in [5, 5.41) is 0. The first-order chi connectivity index (χ1) is 42.2. The lowest BCUT2D eigenvalue weighted by atomic mass is 9.79. The van der Waals surface area contributed by atoms with Gasteiger partial charge >= 0.3 is 31.6 Å². The number of aromatic nitrogens is 4. The summed E-state index contributed by atoms with van der Waals surface area (Å²) < 4.78 is 98.8. The second-order valence-corrected chi connectivity index (χ2v) is 23.1. The number of carbonyl (C=O) groups is 5. The molecular weight excluding hydrogens is 1160 g/mol. The largest absolute Gasteiger partial charge is 0.497 e. The zero-order chi connectivity index (χ0) is 63.3. The van der Waals surface area contributed by atoms with Gasteiger partial charge < -0.3 is 57.8 Å². The van der Waals surface area contributed by atoms with Crippen LogP contribution >= 0.6 is 7.75 Å². The molecule has 26 heteroatoms. The normalized spacial score (nSPS) is 21.4. The number of nitrogens with zero attached hydrogens (tertiary/aromatic N) is 5. The molecule has 0 radical (unpaired) electrons. The van der Waals surface area contributed by atoms with Gasteiger partial charge in [-0.1, -0.05) is 84.9 Å². The fourth-order valence-electron chi connectivity index (χ4n) is 10.9. The van der Waals surface area contributed by atoms with E-state index < -0.39 is 117 Å². The Labute approximate surface area is 509 Å². The second kappa shape index (κ2) is 30.0. The lowest BCUT2D eigenvalue weighted by Crippen LogP contribution is -2.63. The number of esters is 4. The molecule has 6 aromatic rings. The van der Waals surface area contributed by atoms with E-state index in [0.29, 0.717) is 39.4 Å². The van der Waals surface area contributed by atoms with Crippen LogP contribution in [-0.4, -0.2) is 162 Å². The SMILES string of the molecule is COc1ccc(C(OC(C(=O)c2ccccc2)[C@H]2O[C@@H](n3cnc4c(N)ncnc43)C[C@@H]2OP(=O)(OCCOCCO[C@@H]2O[C@H](COC(C)=O)[C@@H](OC(C)=O)[C@H](OC(C)=O)[C@H]2OC(C)=O)N(C(C)C)C(C)C)(c2ccccc2)c2ccc(OC)cc2)cc1. The Kier molecular flexibility index (Phi) is 22.6. The van der Waals surface area contributed by atoms with E-state index in [1.54, 1.807) is 78.1 Å². The molecule has 2 fully saturated rings. The summed E-state index contributed by atoms with van der Waals surface area (Å²) in [5.74, 6) is -2.30. The van der Waals surface area contributed by atoms with Crippen molar-refractivity contribution >= 4 is 54.4 Å². The van der Waals surface area contributed by atoms with Gasteiger partial charge in [0.25, 0.3) is 0 Å². The minimum atomic E-state index is -4.53.